The molecule has 0 N–H and O–H groups in total. The van der Waals surface area contributed by atoms with Crippen LogP contribution in [0.4, 0.5) is 0 Å². The molecule has 11 aromatic rings. The van der Waals surface area contributed by atoms with Crippen LogP contribution in [0.1, 0.15) is 0 Å². The Morgan fingerprint density at radius 3 is 1.30 bits per heavy atom. The molecule has 0 heteroatoms. The van der Waals surface area contributed by atoms with Gasteiger partial charge in [-0.05, 0) is 128 Å². The van der Waals surface area contributed by atoms with Crippen LogP contribution in [0.2, 0.25) is 0 Å². The molecule has 0 nitrogen and oxygen atoms in total. The third-order valence-corrected chi connectivity index (χ3v) is 11.6. The van der Waals surface area contributed by atoms with Crippen molar-refractivity contribution < 1.29 is 0 Å². The van der Waals surface area contributed by atoms with E-state index in [9.17, 15) is 0 Å². The summed E-state index contributed by atoms with van der Waals surface area (Å²) in [5.74, 6) is 0. The molecular weight excluding hydrogens is 673 g/mol. The summed E-state index contributed by atoms with van der Waals surface area (Å²) in [5.41, 5.74) is 12.3. The summed E-state index contributed by atoms with van der Waals surface area (Å²) in [6.45, 7) is 0. The number of benzene rings is 11. The van der Waals surface area contributed by atoms with Crippen molar-refractivity contribution in [2.24, 2.45) is 0 Å². The van der Waals surface area contributed by atoms with Gasteiger partial charge in [0, 0.05) is 0 Å². The Bertz CT molecular complexity index is 3220. The maximum absolute atomic E-state index is 2.43. The minimum atomic E-state index is 1.19. The molecule has 0 spiro atoms. The van der Waals surface area contributed by atoms with Crippen molar-refractivity contribution in [3.05, 3.63) is 218 Å². The average Bonchev–Trinajstić information content (AvgIpc) is 3.28. The van der Waals surface area contributed by atoms with Crippen LogP contribution in [0.15, 0.2) is 218 Å². The molecule has 0 atom stereocenters. The van der Waals surface area contributed by atoms with Gasteiger partial charge < -0.3 is 0 Å². The van der Waals surface area contributed by atoms with Crippen molar-refractivity contribution in [2.75, 3.05) is 0 Å². The maximum atomic E-state index is 2.43. The number of rotatable bonds is 5. The van der Waals surface area contributed by atoms with E-state index in [-0.39, 0.29) is 0 Å². The highest BCUT2D eigenvalue weighted by atomic mass is 14.2. The van der Waals surface area contributed by atoms with E-state index in [0.29, 0.717) is 0 Å². The number of hydrogen-bond donors (Lipinski definition) is 0. The standard InChI is InChI=1S/C56H36/c1-2-15-40(16-3-1)55-49-22-10-12-24-51(49)56(52-25-13-11-23-50(52)55)44-32-33-46(43-31-26-37-14-4-5-17-41(37)34-43)53(36-44)38-27-29-39(30-28-38)54-35-42-18-6-7-19-45(42)47-20-8-9-21-48(47)54/h1-36H. The quantitative estimate of drug-likeness (QED) is 0.123. The van der Waals surface area contributed by atoms with Crippen LogP contribution in [-0.2, 0) is 0 Å². The molecule has 56 heavy (non-hydrogen) atoms. The SMILES string of the molecule is c1ccc(-c2c3ccccc3c(-c3ccc(-c4ccc5ccccc5c4)c(-c4ccc(-c5cc6ccccc6c6ccccc56)cc4)c3)c3ccccc23)cc1. The lowest BCUT2D eigenvalue weighted by Gasteiger charge is -2.19. The van der Waals surface area contributed by atoms with Crippen LogP contribution >= 0.6 is 0 Å². The molecule has 0 saturated carbocycles. The maximum Gasteiger partial charge on any atom is -0.00261 e. The largest absolute Gasteiger partial charge is 0.0622 e. The summed E-state index contributed by atoms with van der Waals surface area (Å²) in [7, 11) is 0. The highest BCUT2D eigenvalue weighted by Crippen LogP contribution is 2.46. The molecule has 0 bridgehead atoms. The smallest absolute Gasteiger partial charge is 0.00261 e. The van der Waals surface area contributed by atoms with E-state index >= 15 is 0 Å². The zero-order chi connectivity index (χ0) is 37.0. The molecule has 0 fully saturated rings. The van der Waals surface area contributed by atoms with Crippen LogP contribution in [0.25, 0.3) is 109 Å². The zero-order valence-electron chi connectivity index (χ0n) is 30.8. The third-order valence-electron chi connectivity index (χ3n) is 11.6. The van der Waals surface area contributed by atoms with Crippen molar-refractivity contribution >= 4 is 53.9 Å². The second-order valence-electron chi connectivity index (χ2n) is 14.8. The van der Waals surface area contributed by atoms with Gasteiger partial charge in [-0.15, -0.1) is 0 Å². The Morgan fingerprint density at radius 2 is 0.643 bits per heavy atom. The normalized spacial score (nSPS) is 11.6. The number of hydrogen-bond acceptors (Lipinski definition) is 0. The lowest BCUT2D eigenvalue weighted by atomic mass is 9.84. The van der Waals surface area contributed by atoms with E-state index in [0.717, 1.165) is 0 Å². The van der Waals surface area contributed by atoms with E-state index < -0.39 is 0 Å². The second kappa shape index (κ2) is 13.2. The molecule has 260 valence electrons. The molecule has 0 heterocycles. The summed E-state index contributed by atoms with van der Waals surface area (Å²) in [5, 5.41) is 12.6. The van der Waals surface area contributed by atoms with E-state index in [1.165, 1.54) is 109 Å². The van der Waals surface area contributed by atoms with Crippen LogP contribution in [0, 0.1) is 0 Å². The van der Waals surface area contributed by atoms with E-state index in [4.69, 9.17) is 0 Å². The van der Waals surface area contributed by atoms with E-state index in [2.05, 4.69) is 218 Å². The van der Waals surface area contributed by atoms with Gasteiger partial charge in [0.2, 0.25) is 0 Å². The van der Waals surface area contributed by atoms with Gasteiger partial charge in [0.05, 0.1) is 0 Å². The highest BCUT2D eigenvalue weighted by Gasteiger charge is 2.19. The topological polar surface area (TPSA) is 0 Å². The minimum Gasteiger partial charge on any atom is -0.0622 e. The second-order valence-corrected chi connectivity index (χ2v) is 14.8. The van der Waals surface area contributed by atoms with Crippen LogP contribution in [0.3, 0.4) is 0 Å². The Hall–Kier alpha value is -7.28. The summed E-state index contributed by atoms with van der Waals surface area (Å²) < 4.78 is 0. The first-order valence-corrected chi connectivity index (χ1v) is 19.4. The average molecular weight is 709 g/mol. The summed E-state index contributed by atoms with van der Waals surface area (Å²) in [4.78, 5) is 0. The Balaban J connectivity index is 1.14. The molecule has 0 radical (unpaired) electrons. The van der Waals surface area contributed by atoms with E-state index in [1.807, 2.05) is 0 Å². The molecule has 11 rings (SSSR count). The van der Waals surface area contributed by atoms with Crippen molar-refractivity contribution in [1.82, 2.24) is 0 Å². The van der Waals surface area contributed by atoms with Crippen molar-refractivity contribution in [2.45, 2.75) is 0 Å². The molecule has 0 aliphatic carbocycles. The first-order chi connectivity index (χ1) is 27.8. The fourth-order valence-electron chi connectivity index (χ4n) is 9.02. The first kappa shape index (κ1) is 32.2. The predicted octanol–water partition coefficient (Wildman–Crippen LogP) is 15.8. The molecule has 0 aliphatic heterocycles. The Kier molecular flexibility index (Phi) is 7.60. The molecular formula is C56H36. The fraction of sp³-hybridized carbons (Fsp3) is 0. The van der Waals surface area contributed by atoms with Gasteiger partial charge in [-0.2, -0.15) is 0 Å². The molecule has 11 aromatic carbocycles. The van der Waals surface area contributed by atoms with Crippen LogP contribution in [-0.4, -0.2) is 0 Å². The highest BCUT2D eigenvalue weighted by molar-refractivity contribution is 6.21. The van der Waals surface area contributed by atoms with Crippen LogP contribution in [0.5, 0.6) is 0 Å². The minimum absolute atomic E-state index is 1.19. The fourth-order valence-corrected chi connectivity index (χ4v) is 9.02. The summed E-state index contributed by atoms with van der Waals surface area (Å²) in [6, 6.07) is 80.4. The molecule has 0 aliphatic rings. The molecule has 0 saturated heterocycles. The van der Waals surface area contributed by atoms with Crippen molar-refractivity contribution in [3.8, 4) is 55.6 Å². The summed E-state index contributed by atoms with van der Waals surface area (Å²) in [6.07, 6.45) is 0. The predicted molar refractivity (Wildman–Crippen MR) is 241 cm³/mol. The first-order valence-electron chi connectivity index (χ1n) is 19.4. The van der Waals surface area contributed by atoms with Crippen molar-refractivity contribution in [3.63, 3.8) is 0 Å². The monoisotopic (exact) mass is 708 g/mol. The molecule has 0 amide bonds. The van der Waals surface area contributed by atoms with E-state index in [1.54, 1.807) is 0 Å². The molecule has 0 aromatic heterocycles. The number of fused-ring (bicyclic) bond motifs is 6. The lowest BCUT2D eigenvalue weighted by molar-refractivity contribution is 1.58. The van der Waals surface area contributed by atoms with Gasteiger partial charge in [0.25, 0.3) is 0 Å². The summed E-state index contributed by atoms with van der Waals surface area (Å²) >= 11 is 0. The van der Waals surface area contributed by atoms with Gasteiger partial charge in [0.15, 0.2) is 0 Å². The lowest BCUT2D eigenvalue weighted by Crippen LogP contribution is -1.92. The molecule has 0 unspecified atom stereocenters. The van der Waals surface area contributed by atoms with Crippen LogP contribution < -0.4 is 0 Å². The van der Waals surface area contributed by atoms with Gasteiger partial charge in [-0.25, -0.2) is 0 Å². The Morgan fingerprint density at radius 1 is 0.179 bits per heavy atom. The zero-order valence-corrected chi connectivity index (χ0v) is 30.8. The Labute approximate surface area is 326 Å². The van der Waals surface area contributed by atoms with Gasteiger partial charge in [-0.3, -0.25) is 0 Å². The third kappa shape index (κ3) is 5.30. The van der Waals surface area contributed by atoms with Gasteiger partial charge in [-0.1, -0.05) is 200 Å². The van der Waals surface area contributed by atoms with Gasteiger partial charge >= 0.3 is 0 Å². The van der Waals surface area contributed by atoms with Gasteiger partial charge in [0.1, 0.15) is 0 Å². The van der Waals surface area contributed by atoms with Crippen molar-refractivity contribution in [1.29, 1.82) is 0 Å².